The molecule has 2 N–H and O–H groups in total. The maximum absolute atomic E-state index is 11.8. The quantitative estimate of drug-likeness (QED) is 0.755. The minimum Gasteiger partial charge on any atom is -0.316 e. The fourth-order valence-electron chi connectivity index (χ4n) is 1.53. The van der Waals surface area contributed by atoms with E-state index in [1.165, 1.54) is 0 Å². The molecule has 0 saturated heterocycles. The van der Waals surface area contributed by atoms with Gasteiger partial charge in [0.25, 0.3) is 0 Å². The summed E-state index contributed by atoms with van der Waals surface area (Å²) in [5.41, 5.74) is 0.895. The molecule has 0 aliphatic carbocycles. The fraction of sp³-hybridized carbons (Fsp3) is 0.500. The summed E-state index contributed by atoms with van der Waals surface area (Å²) in [6, 6.07) is 6.88. The molecule has 0 amide bonds. The molecule has 102 valence electrons. The van der Waals surface area contributed by atoms with Crippen molar-refractivity contribution in [3.8, 4) is 0 Å². The van der Waals surface area contributed by atoms with E-state index in [1.807, 2.05) is 26.0 Å². The maximum atomic E-state index is 11.8. The van der Waals surface area contributed by atoms with Crippen LogP contribution in [-0.2, 0) is 10.0 Å². The first-order chi connectivity index (χ1) is 8.44. The summed E-state index contributed by atoms with van der Waals surface area (Å²) in [6.45, 7) is 4.98. The van der Waals surface area contributed by atoms with E-state index >= 15 is 0 Å². The van der Waals surface area contributed by atoms with Crippen LogP contribution < -0.4 is 10.0 Å². The number of hydrogen-bond acceptors (Lipinski definition) is 3. The van der Waals surface area contributed by atoms with Gasteiger partial charge in [0.05, 0.1) is 5.75 Å². The molecule has 1 rings (SSSR count). The van der Waals surface area contributed by atoms with Crippen molar-refractivity contribution in [3.63, 3.8) is 0 Å². The average molecular weight is 291 g/mol. The van der Waals surface area contributed by atoms with Crippen LogP contribution in [0.2, 0.25) is 5.02 Å². The third-order valence-electron chi connectivity index (χ3n) is 2.52. The summed E-state index contributed by atoms with van der Waals surface area (Å²) in [5, 5.41) is 3.63. The second kappa shape index (κ2) is 7.09. The van der Waals surface area contributed by atoms with Gasteiger partial charge < -0.3 is 5.32 Å². The lowest BCUT2D eigenvalue weighted by molar-refractivity contribution is 0.563. The number of hydrogen-bond donors (Lipinski definition) is 2. The van der Waals surface area contributed by atoms with Crippen molar-refractivity contribution in [3.05, 3.63) is 34.9 Å². The van der Waals surface area contributed by atoms with Gasteiger partial charge in [-0.15, -0.1) is 0 Å². The van der Waals surface area contributed by atoms with Gasteiger partial charge in [-0.2, -0.15) is 0 Å². The van der Waals surface area contributed by atoms with Gasteiger partial charge in [-0.3, -0.25) is 0 Å². The van der Waals surface area contributed by atoms with Crippen LogP contribution >= 0.6 is 11.6 Å². The summed E-state index contributed by atoms with van der Waals surface area (Å²) >= 11 is 5.79. The van der Waals surface area contributed by atoms with E-state index in [-0.39, 0.29) is 11.8 Å². The van der Waals surface area contributed by atoms with E-state index in [1.54, 1.807) is 12.1 Å². The molecule has 0 saturated carbocycles. The third kappa shape index (κ3) is 5.35. The lowest BCUT2D eigenvalue weighted by Gasteiger charge is -2.14. The zero-order valence-electron chi connectivity index (χ0n) is 10.6. The topological polar surface area (TPSA) is 58.2 Å². The van der Waals surface area contributed by atoms with E-state index in [4.69, 9.17) is 11.6 Å². The second-order valence-corrected chi connectivity index (χ2v) is 6.37. The molecular weight excluding hydrogens is 272 g/mol. The Morgan fingerprint density at radius 3 is 2.44 bits per heavy atom. The average Bonchev–Trinajstić information content (AvgIpc) is 2.29. The van der Waals surface area contributed by atoms with Crippen molar-refractivity contribution in [1.82, 2.24) is 10.0 Å². The van der Waals surface area contributed by atoms with Gasteiger partial charge in [-0.1, -0.05) is 30.7 Å². The van der Waals surface area contributed by atoms with Gasteiger partial charge in [-0.05, 0) is 31.2 Å². The molecule has 0 bridgehead atoms. The Morgan fingerprint density at radius 2 is 1.89 bits per heavy atom. The summed E-state index contributed by atoms with van der Waals surface area (Å²) < 4.78 is 26.2. The van der Waals surface area contributed by atoms with Crippen LogP contribution in [0, 0.1) is 0 Å². The first-order valence-electron chi connectivity index (χ1n) is 5.91. The minimum atomic E-state index is -3.26. The van der Waals surface area contributed by atoms with E-state index in [9.17, 15) is 8.42 Å². The predicted octanol–water partition coefficient (Wildman–Crippen LogP) is 1.93. The normalized spacial score (nSPS) is 13.5. The molecule has 0 aromatic heterocycles. The minimum absolute atomic E-state index is 0.0821. The molecule has 0 aliphatic heterocycles. The Labute approximate surface area is 114 Å². The van der Waals surface area contributed by atoms with Crippen molar-refractivity contribution < 1.29 is 8.42 Å². The van der Waals surface area contributed by atoms with Crippen LogP contribution in [0.5, 0.6) is 0 Å². The Bertz CT molecular complexity index is 459. The van der Waals surface area contributed by atoms with Gasteiger partial charge in [0.2, 0.25) is 10.0 Å². The van der Waals surface area contributed by atoms with E-state index in [2.05, 4.69) is 10.0 Å². The number of nitrogens with one attached hydrogen (secondary N) is 2. The van der Waals surface area contributed by atoms with Gasteiger partial charge in [0.15, 0.2) is 0 Å². The lowest BCUT2D eigenvalue weighted by Crippen LogP contribution is -2.33. The molecule has 0 heterocycles. The van der Waals surface area contributed by atoms with Crippen molar-refractivity contribution in [2.45, 2.75) is 19.9 Å². The second-order valence-electron chi connectivity index (χ2n) is 4.06. The first kappa shape index (κ1) is 15.4. The molecule has 0 aliphatic rings. The van der Waals surface area contributed by atoms with E-state index < -0.39 is 10.0 Å². The summed E-state index contributed by atoms with van der Waals surface area (Å²) in [6.07, 6.45) is 0. The molecule has 4 nitrogen and oxygen atoms in total. The Morgan fingerprint density at radius 1 is 1.28 bits per heavy atom. The molecular formula is C12H19ClN2O2S. The van der Waals surface area contributed by atoms with Crippen molar-refractivity contribution in [2.75, 3.05) is 18.8 Å². The Balaban J connectivity index is 2.58. The number of sulfonamides is 1. The van der Waals surface area contributed by atoms with Crippen LogP contribution in [-0.4, -0.2) is 27.3 Å². The molecule has 6 heteroatoms. The van der Waals surface area contributed by atoms with Crippen LogP contribution in [0.4, 0.5) is 0 Å². The standard InChI is InChI=1S/C12H19ClN2O2S/c1-3-14-8-9-18(16,17)15-10(2)11-4-6-12(13)7-5-11/h4-7,10,14-15H,3,8-9H2,1-2H3. The molecule has 0 radical (unpaired) electrons. The van der Waals surface area contributed by atoms with Crippen LogP contribution in [0.15, 0.2) is 24.3 Å². The molecule has 18 heavy (non-hydrogen) atoms. The predicted molar refractivity (Wildman–Crippen MR) is 75.3 cm³/mol. The largest absolute Gasteiger partial charge is 0.316 e. The van der Waals surface area contributed by atoms with Gasteiger partial charge in [-0.25, -0.2) is 13.1 Å². The van der Waals surface area contributed by atoms with Gasteiger partial charge in [0, 0.05) is 17.6 Å². The molecule has 0 spiro atoms. The molecule has 1 aromatic rings. The summed E-state index contributed by atoms with van der Waals surface area (Å²) in [5.74, 6) is 0.0821. The van der Waals surface area contributed by atoms with E-state index in [0.29, 0.717) is 11.6 Å². The van der Waals surface area contributed by atoms with Gasteiger partial charge >= 0.3 is 0 Å². The summed E-state index contributed by atoms with van der Waals surface area (Å²) in [7, 11) is -3.26. The van der Waals surface area contributed by atoms with Crippen LogP contribution in [0.25, 0.3) is 0 Å². The highest BCUT2D eigenvalue weighted by Crippen LogP contribution is 2.16. The molecule has 0 fully saturated rings. The van der Waals surface area contributed by atoms with Crippen molar-refractivity contribution >= 4 is 21.6 Å². The molecule has 1 unspecified atom stereocenters. The highest BCUT2D eigenvalue weighted by molar-refractivity contribution is 7.89. The highest BCUT2D eigenvalue weighted by atomic mass is 35.5. The zero-order chi connectivity index (χ0) is 13.6. The van der Waals surface area contributed by atoms with E-state index in [0.717, 1.165) is 12.1 Å². The number of halogens is 1. The summed E-state index contributed by atoms with van der Waals surface area (Å²) in [4.78, 5) is 0. The monoisotopic (exact) mass is 290 g/mol. The highest BCUT2D eigenvalue weighted by Gasteiger charge is 2.15. The third-order valence-corrected chi connectivity index (χ3v) is 4.23. The smallest absolute Gasteiger partial charge is 0.213 e. The Kier molecular flexibility index (Phi) is 6.08. The van der Waals surface area contributed by atoms with Crippen LogP contribution in [0.3, 0.4) is 0 Å². The first-order valence-corrected chi connectivity index (χ1v) is 7.94. The van der Waals surface area contributed by atoms with Crippen LogP contribution in [0.1, 0.15) is 25.5 Å². The zero-order valence-corrected chi connectivity index (χ0v) is 12.2. The van der Waals surface area contributed by atoms with Gasteiger partial charge in [0.1, 0.15) is 0 Å². The Hall–Kier alpha value is -0.620. The maximum Gasteiger partial charge on any atom is 0.213 e. The van der Waals surface area contributed by atoms with Crippen molar-refractivity contribution in [2.24, 2.45) is 0 Å². The SMILES string of the molecule is CCNCCS(=O)(=O)NC(C)c1ccc(Cl)cc1. The molecule has 1 aromatic carbocycles. The molecule has 1 atom stereocenters. The van der Waals surface area contributed by atoms with Crippen molar-refractivity contribution in [1.29, 1.82) is 0 Å². The number of benzene rings is 1. The fourth-order valence-corrected chi connectivity index (χ4v) is 2.86. The number of rotatable bonds is 7. The lowest BCUT2D eigenvalue weighted by atomic mass is 10.1.